The summed E-state index contributed by atoms with van der Waals surface area (Å²) < 4.78 is 5.04. The van der Waals surface area contributed by atoms with Crippen molar-refractivity contribution >= 4 is 5.97 Å². The van der Waals surface area contributed by atoms with E-state index in [0.717, 1.165) is 12.8 Å². The lowest BCUT2D eigenvalue weighted by Crippen LogP contribution is -2.36. The van der Waals surface area contributed by atoms with E-state index in [2.05, 4.69) is 20.8 Å². The van der Waals surface area contributed by atoms with E-state index in [9.17, 15) is 4.79 Å². The van der Waals surface area contributed by atoms with Crippen LogP contribution in [0.2, 0.25) is 0 Å². The number of hydrogen-bond acceptors (Lipinski definition) is 2. The fraction of sp³-hybridized carbons (Fsp3) is 0.727. The van der Waals surface area contributed by atoms with Crippen LogP contribution in [0.3, 0.4) is 0 Å². The van der Waals surface area contributed by atoms with E-state index in [1.54, 1.807) is 6.26 Å². The van der Waals surface area contributed by atoms with E-state index < -0.39 is 0 Å². The molecular formula is C11H16O2. The largest absolute Gasteiger partial charge is 0.434 e. The Morgan fingerprint density at radius 1 is 1.62 bits per heavy atom. The number of hydrogen-bond donors (Lipinski definition) is 0. The van der Waals surface area contributed by atoms with E-state index in [-0.39, 0.29) is 17.3 Å². The lowest BCUT2D eigenvalue weighted by Gasteiger charge is -2.35. The van der Waals surface area contributed by atoms with E-state index in [1.165, 1.54) is 5.57 Å². The van der Waals surface area contributed by atoms with Crippen LogP contribution in [-0.2, 0) is 9.53 Å². The fourth-order valence-electron chi connectivity index (χ4n) is 2.77. The minimum atomic E-state index is -0.0295. The molecule has 2 nitrogen and oxygen atoms in total. The Balaban J connectivity index is 2.43. The summed E-state index contributed by atoms with van der Waals surface area (Å²) in [6.45, 7) is 6.40. The summed E-state index contributed by atoms with van der Waals surface area (Å²) in [5, 5.41) is 0. The van der Waals surface area contributed by atoms with Gasteiger partial charge < -0.3 is 4.74 Å². The van der Waals surface area contributed by atoms with Crippen LogP contribution >= 0.6 is 0 Å². The second kappa shape index (κ2) is 2.60. The standard InChI is InChI=1S/C11H16O2/c1-7-4-5-11(3)8(2)6-13-10(12)9(7)11/h6-7,9H,4-5H2,1-3H3/t7-,9+,11-/m0/s1. The summed E-state index contributed by atoms with van der Waals surface area (Å²) in [4.78, 5) is 11.6. The molecule has 0 aromatic carbocycles. The quantitative estimate of drug-likeness (QED) is 0.535. The van der Waals surface area contributed by atoms with Gasteiger partial charge >= 0.3 is 5.97 Å². The Morgan fingerprint density at radius 3 is 2.92 bits per heavy atom. The number of fused-ring (bicyclic) bond motifs is 1. The average Bonchev–Trinajstić information content (AvgIpc) is 2.38. The average molecular weight is 180 g/mol. The molecule has 0 aromatic rings. The summed E-state index contributed by atoms with van der Waals surface area (Å²) >= 11 is 0. The summed E-state index contributed by atoms with van der Waals surface area (Å²) in [6, 6.07) is 0. The highest BCUT2D eigenvalue weighted by atomic mass is 16.5. The monoisotopic (exact) mass is 180 g/mol. The molecule has 3 atom stereocenters. The van der Waals surface area contributed by atoms with Gasteiger partial charge in [0.1, 0.15) is 0 Å². The number of carbonyl (C=O) groups is 1. The minimum absolute atomic E-state index is 0.0295. The molecule has 0 bridgehead atoms. The summed E-state index contributed by atoms with van der Waals surface area (Å²) in [5.74, 6) is 0.539. The lowest BCUT2D eigenvalue weighted by atomic mass is 9.72. The van der Waals surface area contributed by atoms with Crippen LogP contribution in [0.25, 0.3) is 0 Å². The van der Waals surface area contributed by atoms with Crippen molar-refractivity contribution < 1.29 is 9.53 Å². The number of ether oxygens (including phenoxy) is 1. The van der Waals surface area contributed by atoms with Crippen molar-refractivity contribution in [1.29, 1.82) is 0 Å². The van der Waals surface area contributed by atoms with Crippen molar-refractivity contribution in [2.45, 2.75) is 33.6 Å². The molecule has 1 aliphatic heterocycles. The van der Waals surface area contributed by atoms with Crippen LogP contribution in [0.5, 0.6) is 0 Å². The Morgan fingerprint density at radius 2 is 2.31 bits per heavy atom. The highest BCUT2D eigenvalue weighted by molar-refractivity contribution is 5.77. The Hall–Kier alpha value is -0.790. The molecule has 1 saturated carbocycles. The van der Waals surface area contributed by atoms with Crippen molar-refractivity contribution in [3.8, 4) is 0 Å². The predicted molar refractivity (Wildman–Crippen MR) is 49.8 cm³/mol. The van der Waals surface area contributed by atoms with Gasteiger partial charge in [0.05, 0.1) is 12.2 Å². The maximum atomic E-state index is 11.6. The van der Waals surface area contributed by atoms with Crippen LogP contribution in [0.15, 0.2) is 11.8 Å². The molecule has 1 aliphatic carbocycles. The van der Waals surface area contributed by atoms with Gasteiger partial charge in [-0.15, -0.1) is 0 Å². The van der Waals surface area contributed by atoms with Gasteiger partial charge in [-0.1, -0.05) is 13.8 Å². The summed E-state index contributed by atoms with van der Waals surface area (Å²) in [5.41, 5.74) is 1.30. The number of allylic oxidation sites excluding steroid dienone is 1. The smallest absolute Gasteiger partial charge is 0.314 e. The van der Waals surface area contributed by atoms with Crippen LogP contribution in [0.1, 0.15) is 33.6 Å². The molecule has 1 heterocycles. The first-order valence-electron chi connectivity index (χ1n) is 4.93. The maximum absolute atomic E-state index is 11.6. The first kappa shape index (κ1) is 8.79. The SMILES string of the molecule is CC1=COC(=O)[C@H]2[C@@H](C)CC[C@@]12C. The number of carbonyl (C=O) groups excluding carboxylic acids is 1. The van der Waals surface area contributed by atoms with Gasteiger partial charge in [-0.05, 0) is 31.3 Å². The summed E-state index contributed by atoms with van der Waals surface area (Å²) in [7, 11) is 0. The van der Waals surface area contributed by atoms with Gasteiger partial charge in [-0.2, -0.15) is 0 Å². The molecule has 13 heavy (non-hydrogen) atoms. The zero-order valence-electron chi connectivity index (χ0n) is 8.46. The first-order chi connectivity index (χ1) is 6.05. The molecule has 0 aromatic heterocycles. The minimum Gasteiger partial charge on any atom is -0.434 e. The highest BCUT2D eigenvalue weighted by Crippen LogP contribution is 2.53. The third-order valence-electron chi connectivity index (χ3n) is 3.88. The molecule has 0 saturated heterocycles. The molecule has 0 N–H and O–H groups in total. The van der Waals surface area contributed by atoms with Gasteiger partial charge in [0, 0.05) is 5.41 Å². The molecule has 2 heteroatoms. The van der Waals surface area contributed by atoms with Crippen LogP contribution in [-0.4, -0.2) is 5.97 Å². The van der Waals surface area contributed by atoms with Crippen LogP contribution in [0, 0.1) is 17.3 Å². The predicted octanol–water partition coefficient (Wildman–Crippen LogP) is 2.50. The van der Waals surface area contributed by atoms with Gasteiger partial charge in [0.25, 0.3) is 0 Å². The van der Waals surface area contributed by atoms with Gasteiger partial charge in [-0.25, -0.2) is 0 Å². The Kier molecular flexibility index (Phi) is 1.76. The molecular weight excluding hydrogens is 164 g/mol. The zero-order chi connectivity index (χ0) is 9.64. The van der Waals surface area contributed by atoms with Gasteiger partial charge in [0.15, 0.2) is 0 Å². The molecule has 0 spiro atoms. The van der Waals surface area contributed by atoms with E-state index in [0.29, 0.717) is 5.92 Å². The van der Waals surface area contributed by atoms with Crippen molar-refractivity contribution in [2.24, 2.45) is 17.3 Å². The third kappa shape index (κ3) is 1.04. The van der Waals surface area contributed by atoms with Crippen molar-refractivity contribution in [3.05, 3.63) is 11.8 Å². The summed E-state index contributed by atoms with van der Waals surface area (Å²) in [6.07, 6.45) is 3.90. The molecule has 0 amide bonds. The molecule has 2 rings (SSSR count). The third-order valence-corrected chi connectivity index (χ3v) is 3.88. The van der Waals surface area contributed by atoms with E-state index >= 15 is 0 Å². The maximum Gasteiger partial charge on any atom is 0.314 e. The lowest BCUT2D eigenvalue weighted by molar-refractivity contribution is -0.149. The molecule has 1 fully saturated rings. The molecule has 2 aliphatic rings. The molecule has 72 valence electrons. The molecule has 0 unspecified atom stereocenters. The first-order valence-corrected chi connectivity index (χ1v) is 4.93. The van der Waals surface area contributed by atoms with Crippen LogP contribution in [0.4, 0.5) is 0 Å². The number of esters is 1. The van der Waals surface area contributed by atoms with Crippen molar-refractivity contribution in [3.63, 3.8) is 0 Å². The zero-order valence-corrected chi connectivity index (χ0v) is 8.46. The van der Waals surface area contributed by atoms with Crippen LogP contribution < -0.4 is 0 Å². The molecule has 0 radical (unpaired) electrons. The highest BCUT2D eigenvalue weighted by Gasteiger charge is 2.51. The van der Waals surface area contributed by atoms with E-state index in [1.807, 2.05) is 0 Å². The van der Waals surface area contributed by atoms with Gasteiger partial charge in [0.2, 0.25) is 0 Å². The Bertz CT molecular complexity index is 280. The second-order valence-electron chi connectivity index (χ2n) is 4.65. The number of rotatable bonds is 0. The second-order valence-corrected chi connectivity index (χ2v) is 4.65. The topological polar surface area (TPSA) is 26.3 Å². The van der Waals surface area contributed by atoms with Crippen molar-refractivity contribution in [2.75, 3.05) is 0 Å². The van der Waals surface area contributed by atoms with Gasteiger partial charge in [-0.3, -0.25) is 4.79 Å². The Labute approximate surface area is 79.0 Å². The number of cyclic esters (lactones) is 1. The van der Waals surface area contributed by atoms with Crippen molar-refractivity contribution in [1.82, 2.24) is 0 Å². The normalized spacial score (nSPS) is 43.9. The fourth-order valence-corrected chi connectivity index (χ4v) is 2.77. The van der Waals surface area contributed by atoms with E-state index in [4.69, 9.17) is 4.74 Å².